The van der Waals surface area contributed by atoms with E-state index in [-0.39, 0.29) is 36.8 Å². The van der Waals surface area contributed by atoms with Crippen LogP contribution in [0.1, 0.15) is 114 Å². The van der Waals surface area contributed by atoms with Gasteiger partial charge in [-0.2, -0.15) is 0 Å². The summed E-state index contributed by atoms with van der Waals surface area (Å²) in [5, 5.41) is 36.7. The highest BCUT2D eigenvalue weighted by Crippen LogP contribution is 2.71. The van der Waals surface area contributed by atoms with Gasteiger partial charge in [0, 0.05) is 67.3 Å². The van der Waals surface area contributed by atoms with Crippen molar-refractivity contribution in [1.29, 1.82) is 0 Å². The van der Waals surface area contributed by atoms with Crippen molar-refractivity contribution in [1.82, 2.24) is 5.32 Å². The van der Waals surface area contributed by atoms with Gasteiger partial charge in [-0.15, -0.1) is 0 Å². The molecule has 10 atom stereocenters. The van der Waals surface area contributed by atoms with E-state index < -0.39 is 78.8 Å². The number of rotatable bonds is 22. The predicted molar refractivity (Wildman–Crippen MR) is 256 cm³/mol. The molecule has 2 aromatic carbocycles. The van der Waals surface area contributed by atoms with Crippen LogP contribution in [0.15, 0.2) is 72.3 Å². The summed E-state index contributed by atoms with van der Waals surface area (Å²) < 4.78 is 55.1. The molecule has 4 aliphatic carbocycles. The van der Waals surface area contributed by atoms with Gasteiger partial charge in [0.15, 0.2) is 29.1 Å². The predicted octanol–water partition coefficient (Wildman–Crippen LogP) is 6.76. The Bertz CT molecular complexity index is 2250. The number of hydrogen-bond acceptors (Lipinski definition) is 11. The van der Waals surface area contributed by atoms with Crippen molar-refractivity contribution in [2.75, 3.05) is 53.0 Å². The number of hydrogen-bond donors (Lipinski definition) is 6. The van der Waals surface area contributed by atoms with E-state index in [1.165, 1.54) is 17.7 Å². The van der Waals surface area contributed by atoms with Crippen molar-refractivity contribution in [3.8, 4) is 5.75 Å². The van der Waals surface area contributed by atoms with Crippen molar-refractivity contribution in [3.05, 3.63) is 89.0 Å². The summed E-state index contributed by atoms with van der Waals surface area (Å²) >= 11 is 0. The zero-order valence-electron chi connectivity index (χ0n) is 40.6. The Balaban J connectivity index is 0.824. The smallest absolute Gasteiger partial charge is 0.404 e. The molecule has 0 spiro atoms. The number of nitrogens with zero attached hydrogens (tertiary/aromatic N) is 1. The monoisotopic (exact) mass is 982 g/mol. The number of Topliss-reactive ketones (excluding diaryl/α,β-unsaturated/α-hetero) is 1. The molecule has 380 valence electrons. The topological polar surface area (TPSA) is 201 Å². The van der Waals surface area contributed by atoms with Crippen molar-refractivity contribution >= 4 is 19.4 Å². The lowest BCUT2D eigenvalue weighted by Crippen LogP contribution is -2.69. The van der Waals surface area contributed by atoms with Crippen LogP contribution in [-0.2, 0) is 41.3 Å². The molecule has 6 aliphatic rings. The number of allylic oxidation sites excluding steroid dienone is 4. The lowest BCUT2D eigenvalue weighted by atomic mass is 9.45. The number of piperidine rings is 1. The first-order valence-electron chi connectivity index (χ1n) is 25.3. The number of fused-ring (bicyclic) bond motifs is 7. The highest BCUT2D eigenvalue weighted by atomic mass is 31.2. The quantitative estimate of drug-likeness (QED) is 0.0313. The molecular weight excluding hydrogens is 907 g/mol. The Labute approximate surface area is 406 Å². The number of ether oxygens (including phenoxy) is 3. The van der Waals surface area contributed by atoms with Crippen LogP contribution in [-0.4, -0.2) is 124 Å². The molecule has 0 radical (unpaired) electrons. The summed E-state index contributed by atoms with van der Waals surface area (Å²) in [5.41, 5.74) is -2.81. The van der Waals surface area contributed by atoms with Crippen LogP contribution >= 0.6 is 7.82 Å². The highest BCUT2D eigenvalue weighted by molar-refractivity contribution is 7.46. The zero-order chi connectivity index (χ0) is 49.2. The molecule has 8 rings (SSSR count). The zero-order valence-corrected chi connectivity index (χ0v) is 41.5. The number of aliphatic hydroxyl groups excluding tert-OH is 3. The van der Waals surface area contributed by atoms with E-state index in [1.807, 2.05) is 19.1 Å². The fourth-order valence-corrected chi connectivity index (χ4v) is 13.8. The number of likely N-dealkylation sites (tertiary alicyclic amines) is 1. The van der Waals surface area contributed by atoms with E-state index >= 15 is 4.39 Å². The Morgan fingerprint density at radius 1 is 1.01 bits per heavy atom. The third-order valence-corrected chi connectivity index (χ3v) is 17.6. The minimum absolute atomic E-state index is 0.0148. The third kappa shape index (κ3) is 10.4. The van der Waals surface area contributed by atoms with Crippen LogP contribution < -0.4 is 9.84 Å². The maximum Gasteiger partial charge on any atom is 0.524 e. The minimum Gasteiger partial charge on any atom is -0.404 e. The van der Waals surface area contributed by atoms with E-state index in [0.717, 1.165) is 64.7 Å². The van der Waals surface area contributed by atoms with E-state index in [4.69, 9.17) is 18.7 Å². The second-order valence-corrected chi connectivity index (χ2v) is 22.8. The molecule has 2 aliphatic heterocycles. The number of phosphoric acid groups is 1. The first kappa shape index (κ1) is 52.2. The summed E-state index contributed by atoms with van der Waals surface area (Å²) in [7, 11) is -2.88. The molecule has 4 fully saturated rings. The number of aryl methyl sites for hydroxylation is 1. The molecule has 0 aromatic heterocycles. The fourth-order valence-electron chi connectivity index (χ4n) is 13.3. The van der Waals surface area contributed by atoms with E-state index in [1.54, 1.807) is 25.1 Å². The van der Waals surface area contributed by atoms with Gasteiger partial charge in [-0.05, 0) is 100 Å². The van der Waals surface area contributed by atoms with Crippen LogP contribution in [0.5, 0.6) is 5.75 Å². The van der Waals surface area contributed by atoms with Crippen LogP contribution in [0.25, 0.3) is 0 Å². The van der Waals surface area contributed by atoms with Crippen LogP contribution in [0.2, 0.25) is 0 Å². The second-order valence-electron chi connectivity index (χ2n) is 21.6. The summed E-state index contributed by atoms with van der Waals surface area (Å²) in [5.74, 6) is -1.84. The number of nitrogens with one attached hydrogen (secondary N) is 1. The first-order valence-corrected chi connectivity index (χ1v) is 26.9. The summed E-state index contributed by atoms with van der Waals surface area (Å²) in [4.78, 5) is 46.2. The molecule has 2 saturated carbocycles. The van der Waals surface area contributed by atoms with E-state index in [9.17, 15) is 39.3 Å². The Morgan fingerprint density at radius 2 is 1.74 bits per heavy atom. The lowest BCUT2D eigenvalue weighted by Gasteiger charge is -2.62. The number of carbonyl (C=O) groups is 2. The first-order chi connectivity index (χ1) is 32.9. The van der Waals surface area contributed by atoms with E-state index in [2.05, 4.69) is 36.6 Å². The van der Waals surface area contributed by atoms with Gasteiger partial charge >= 0.3 is 7.82 Å². The summed E-state index contributed by atoms with van der Waals surface area (Å²) in [6, 6.07) is 15.5. The molecule has 2 saturated heterocycles. The maximum atomic E-state index is 17.8. The number of halogens is 1. The standard InChI is InChI=1S/C53H74FN2O12P/c1-50-23-20-41(58)30-40(50)18-19-42-43-31-48-53(47(61)35-57,51(43,2)32-46(60)52(42,50)54)67-49(66-48)37-21-25-56(3,26-22-37)34-39-17-16-38(29-45(39)68-69(62,63)64)44(59)33-55-24-10-4-5-11-27-65-28-12-9-15-36-13-7-6-8-14-36/h6-8,13-14,16-18,20,23,29,37,42-44,46,48-49,55,57,59-60H,4-5,9-12,15,19,21-22,24-28,30-35H2,1-3H3,(H-,62,63,64)/p+1/t37?,42-,43-,44?,46-,48+,49?,50-,51-,52-,53+,56?/m0/s1. The SMILES string of the molecule is C[C@]12C=CC(=O)CC1=CC[C@H]1[C@@H]3C[C@H]4OC(C5CC[N+](C)(Cc6ccc(C(O)CNCCCCCCOCCCCc7ccccc7)cc6OP(=O)(O)O)CC5)O[C@@]4(C(=O)CO)[C@@]3(C)C[C@H](O)[C@@]12F. The molecule has 2 unspecified atom stereocenters. The molecule has 69 heavy (non-hydrogen) atoms. The van der Waals surface area contributed by atoms with Gasteiger partial charge < -0.3 is 43.9 Å². The fraction of sp³-hybridized carbons (Fsp3) is 0.660. The van der Waals surface area contributed by atoms with Crippen molar-refractivity contribution < 1.29 is 66.9 Å². The average Bonchev–Trinajstić information content (AvgIpc) is 3.81. The van der Waals surface area contributed by atoms with Crippen molar-refractivity contribution in [2.24, 2.45) is 28.6 Å². The molecule has 0 bridgehead atoms. The average molecular weight is 982 g/mol. The molecular formula is C53H75FN2O12P+. The molecule has 6 N–H and O–H groups in total. The Morgan fingerprint density at radius 3 is 2.46 bits per heavy atom. The van der Waals surface area contributed by atoms with Crippen LogP contribution in [0.3, 0.4) is 0 Å². The second kappa shape index (κ2) is 21.1. The van der Waals surface area contributed by atoms with Gasteiger partial charge in [-0.25, -0.2) is 8.96 Å². The molecule has 16 heteroatoms. The Kier molecular flexibility index (Phi) is 16.0. The number of benzene rings is 2. The van der Waals surface area contributed by atoms with Crippen LogP contribution in [0.4, 0.5) is 4.39 Å². The van der Waals surface area contributed by atoms with Crippen LogP contribution in [0, 0.1) is 28.6 Å². The van der Waals surface area contributed by atoms with Gasteiger partial charge in [0.05, 0.1) is 38.4 Å². The number of aliphatic hydroxyl groups is 3. The lowest BCUT2D eigenvalue weighted by molar-refractivity contribution is -0.928. The number of quaternary nitrogens is 1. The molecule has 0 amide bonds. The number of alkyl halides is 1. The third-order valence-electron chi connectivity index (χ3n) is 17.2. The number of unbranched alkanes of at least 4 members (excludes halogenated alkanes) is 4. The van der Waals surface area contributed by atoms with Gasteiger partial charge in [-0.1, -0.05) is 73.9 Å². The van der Waals surface area contributed by atoms with Crippen molar-refractivity contribution in [2.45, 2.75) is 140 Å². The van der Waals surface area contributed by atoms with Gasteiger partial charge in [0.2, 0.25) is 0 Å². The van der Waals surface area contributed by atoms with Gasteiger partial charge in [0.1, 0.15) is 18.9 Å². The number of phosphoric ester groups is 1. The highest BCUT2D eigenvalue weighted by Gasteiger charge is 2.79. The van der Waals surface area contributed by atoms with Gasteiger partial charge in [0.25, 0.3) is 0 Å². The normalized spacial score (nSPS) is 35.4. The molecule has 2 aromatic rings. The number of carbonyl (C=O) groups excluding carboxylic acids is 2. The maximum absolute atomic E-state index is 17.8. The summed E-state index contributed by atoms with van der Waals surface area (Å²) in [6.07, 6.45) is 10.2. The molecule has 14 nitrogen and oxygen atoms in total. The molecule has 2 heterocycles. The van der Waals surface area contributed by atoms with E-state index in [0.29, 0.717) is 66.5 Å². The minimum atomic E-state index is -4.94. The largest absolute Gasteiger partial charge is 0.524 e. The number of ketones is 2. The van der Waals surface area contributed by atoms with Gasteiger partial charge in [-0.3, -0.25) is 19.4 Å². The van der Waals surface area contributed by atoms with Crippen molar-refractivity contribution in [3.63, 3.8) is 0 Å². The Hall–Kier alpha value is -3.18. The summed E-state index contributed by atoms with van der Waals surface area (Å²) in [6.45, 7) is 7.04.